The summed E-state index contributed by atoms with van der Waals surface area (Å²) in [6.45, 7) is 0. The van der Waals surface area contributed by atoms with Gasteiger partial charge in [0.1, 0.15) is 0 Å². The Hall–Kier alpha value is -0.340. The van der Waals surface area contributed by atoms with Crippen LogP contribution in [0.4, 0.5) is 0 Å². The van der Waals surface area contributed by atoms with E-state index < -0.39 is 0 Å². The lowest BCUT2D eigenvalue weighted by molar-refractivity contribution is 0.987. The van der Waals surface area contributed by atoms with E-state index in [-0.39, 0.29) is 0 Å². The highest BCUT2D eigenvalue weighted by atomic mass is 32.2. The first-order chi connectivity index (χ1) is 5.97. The van der Waals surface area contributed by atoms with Crippen molar-refractivity contribution in [1.82, 2.24) is 0 Å². The monoisotopic (exact) mass is 194 g/mol. The first-order valence-electron chi connectivity index (χ1n) is 4.00. The Morgan fingerprint density at radius 2 is 2.25 bits per heavy atom. The van der Waals surface area contributed by atoms with Crippen molar-refractivity contribution in [2.24, 2.45) is 0 Å². The number of hydrogen-bond donors (Lipinski definition) is 0. The Morgan fingerprint density at radius 1 is 1.25 bits per heavy atom. The first kappa shape index (κ1) is 8.27. The average molecular weight is 194 g/mol. The molecule has 0 radical (unpaired) electrons. The van der Waals surface area contributed by atoms with Gasteiger partial charge in [0.05, 0.1) is 0 Å². The average Bonchev–Trinajstić information content (AvgIpc) is 2.21. The summed E-state index contributed by atoms with van der Waals surface area (Å²) in [5.41, 5.74) is 1.49. The van der Waals surface area contributed by atoms with E-state index in [0.29, 0.717) is 0 Å². The van der Waals surface area contributed by atoms with E-state index in [1.54, 1.807) is 11.8 Å². The van der Waals surface area contributed by atoms with Crippen molar-refractivity contribution in [3.05, 3.63) is 44.9 Å². The SMILES string of the molecule is C1=CCCC(C2=CSC=CS2)=C1. The Labute approximate surface area is 81.5 Å². The van der Waals surface area contributed by atoms with Crippen LogP contribution in [-0.2, 0) is 0 Å². The van der Waals surface area contributed by atoms with Gasteiger partial charge in [-0.2, -0.15) is 0 Å². The summed E-state index contributed by atoms with van der Waals surface area (Å²) in [6, 6.07) is 0. The largest absolute Gasteiger partial charge is 0.104 e. The predicted molar refractivity (Wildman–Crippen MR) is 58.9 cm³/mol. The summed E-state index contributed by atoms with van der Waals surface area (Å²) in [7, 11) is 0. The summed E-state index contributed by atoms with van der Waals surface area (Å²) in [5.74, 6) is 0. The quantitative estimate of drug-likeness (QED) is 0.617. The van der Waals surface area contributed by atoms with Gasteiger partial charge in [-0.25, -0.2) is 0 Å². The number of rotatable bonds is 1. The molecule has 2 rings (SSSR count). The van der Waals surface area contributed by atoms with E-state index in [1.807, 2.05) is 11.8 Å². The summed E-state index contributed by atoms with van der Waals surface area (Å²) in [5, 5.41) is 6.50. The van der Waals surface area contributed by atoms with Crippen molar-refractivity contribution in [2.45, 2.75) is 12.8 Å². The van der Waals surface area contributed by atoms with E-state index in [1.165, 1.54) is 23.3 Å². The summed E-state index contributed by atoms with van der Waals surface area (Å²) in [6.07, 6.45) is 8.99. The molecule has 62 valence electrons. The van der Waals surface area contributed by atoms with Gasteiger partial charge in [-0.15, -0.1) is 11.8 Å². The van der Waals surface area contributed by atoms with Gasteiger partial charge >= 0.3 is 0 Å². The molecule has 1 heterocycles. The van der Waals surface area contributed by atoms with Gasteiger partial charge in [0.25, 0.3) is 0 Å². The lowest BCUT2D eigenvalue weighted by Crippen LogP contribution is -1.89. The number of hydrogen-bond acceptors (Lipinski definition) is 2. The van der Waals surface area contributed by atoms with Gasteiger partial charge < -0.3 is 0 Å². The normalized spacial score (nSPS) is 22.0. The van der Waals surface area contributed by atoms with E-state index in [4.69, 9.17) is 0 Å². The van der Waals surface area contributed by atoms with Crippen molar-refractivity contribution in [1.29, 1.82) is 0 Å². The van der Waals surface area contributed by atoms with Gasteiger partial charge in [-0.1, -0.05) is 30.0 Å². The molecule has 1 aliphatic heterocycles. The third-order valence-corrected chi connectivity index (χ3v) is 3.73. The summed E-state index contributed by atoms with van der Waals surface area (Å²) >= 11 is 3.60. The van der Waals surface area contributed by atoms with E-state index in [0.717, 1.165) is 0 Å². The molecule has 0 aromatic rings. The zero-order valence-corrected chi connectivity index (χ0v) is 8.33. The van der Waals surface area contributed by atoms with Gasteiger partial charge in [0, 0.05) is 4.91 Å². The maximum atomic E-state index is 2.23. The Balaban J connectivity index is 2.13. The second-order valence-corrected chi connectivity index (χ2v) is 4.39. The standard InChI is InChI=1S/C10H10S2/c1-2-4-9(5-3-1)10-8-11-6-7-12-10/h1-2,4,6-8H,3,5H2. The maximum absolute atomic E-state index is 2.23. The highest BCUT2D eigenvalue weighted by molar-refractivity contribution is 8.12. The molecule has 0 aromatic heterocycles. The Bertz CT molecular complexity index is 282. The van der Waals surface area contributed by atoms with Crippen LogP contribution < -0.4 is 0 Å². The van der Waals surface area contributed by atoms with Crippen molar-refractivity contribution >= 4 is 23.5 Å². The third-order valence-electron chi connectivity index (χ3n) is 1.83. The molecule has 0 nitrogen and oxygen atoms in total. The fraction of sp³-hybridized carbons (Fsp3) is 0.200. The van der Waals surface area contributed by atoms with Crippen LogP contribution in [0, 0.1) is 0 Å². The molecule has 0 unspecified atom stereocenters. The Kier molecular flexibility index (Phi) is 2.79. The molecule has 0 atom stereocenters. The van der Waals surface area contributed by atoms with Crippen LogP contribution in [-0.4, -0.2) is 0 Å². The van der Waals surface area contributed by atoms with E-state index in [2.05, 4.69) is 34.5 Å². The van der Waals surface area contributed by atoms with Gasteiger partial charge in [0.15, 0.2) is 0 Å². The molecule has 0 bridgehead atoms. The second kappa shape index (κ2) is 4.06. The minimum Gasteiger partial charge on any atom is -0.104 e. The molecule has 2 heteroatoms. The Morgan fingerprint density at radius 3 is 2.92 bits per heavy atom. The van der Waals surface area contributed by atoms with Gasteiger partial charge in [0.2, 0.25) is 0 Å². The fourth-order valence-corrected chi connectivity index (χ4v) is 2.91. The number of allylic oxidation sites excluding steroid dienone is 4. The molecule has 0 saturated heterocycles. The zero-order chi connectivity index (χ0) is 8.23. The topological polar surface area (TPSA) is 0 Å². The lowest BCUT2D eigenvalue weighted by atomic mass is 10.1. The van der Waals surface area contributed by atoms with Crippen LogP contribution in [0.15, 0.2) is 44.9 Å². The molecule has 0 saturated carbocycles. The molecule has 0 amide bonds. The number of thioether (sulfide) groups is 2. The van der Waals surface area contributed by atoms with Crippen LogP contribution in [0.3, 0.4) is 0 Å². The van der Waals surface area contributed by atoms with Crippen LogP contribution in [0.5, 0.6) is 0 Å². The van der Waals surface area contributed by atoms with Crippen LogP contribution >= 0.6 is 23.5 Å². The molecule has 2 aliphatic rings. The first-order valence-corrected chi connectivity index (χ1v) is 5.82. The highest BCUT2D eigenvalue weighted by Gasteiger charge is 2.07. The molecule has 0 fully saturated rings. The van der Waals surface area contributed by atoms with E-state index >= 15 is 0 Å². The minimum absolute atomic E-state index is 1.19. The molecule has 0 N–H and O–H groups in total. The zero-order valence-electron chi connectivity index (χ0n) is 6.69. The molecule has 12 heavy (non-hydrogen) atoms. The fourth-order valence-electron chi connectivity index (χ4n) is 1.22. The molecule has 1 aliphatic carbocycles. The van der Waals surface area contributed by atoms with Crippen molar-refractivity contribution in [2.75, 3.05) is 0 Å². The van der Waals surface area contributed by atoms with Crippen LogP contribution in [0.25, 0.3) is 0 Å². The second-order valence-electron chi connectivity index (χ2n) is 2.67. The van der Waals surface area contributed by atoms with Crippen LogP contribution in [0.1, 0.15) is 12.8 Å². The summed E-state index contributed by atoms with van der Waals surface area (Å²) in [4.78, 5) is 1.42. The van der Waals surface area contributed by atoms with Crippen LogP contribution in [0.2, 0.25) is 0 Å². The van der Waals surface area contributed by atoms with Crippen molar-refractivity contribution in [3.63, 3.8) is 0 Å². The van der Waals surface area contributed by atoms with Crippen molar-refractivity contribution < 1.29 is 0 Å². The lowest BCUT2D eigenvalue weighted by Gasteiger charge is -2.12. The van der Waals surface area contributed by atoms with Crippen molar-refractivity contribution in [3.8, 4) is 0 Å². The summed E-state index contributed by atoms with van der Waals surface area (Å²) < 4.78 is 0. The predicted octanol–water partition coefficient (Wildman–Crippen LogP) is 4.06. The maximum Gasteiger partial charge on any atom is 0.0215 e. The van der Waals surface area contributed by atoms with Gasteiger partial charge in [-0.3, -0.25) is 0 Å². The smallest absolute Gasteiger partial charge is 0.0215 e. The minimum atomic E-state index is 1.19. The third kappa shape index (κ3) is 1.87. The highest BCUT2D eigenvalue weighted by Crippen LogP contribution is 2.35. The molecule has 0 spiro atoms. The molecular weight excluding hydrogens is 184 g/mol. The molecular formula is C10H10S2. The van der Waals surface area contributed by atoms with E-state index in [9.17, 15) is 0 Å². The van der Waals surface area contributed by atoms with Gasteiger partial charge in [-0.05, 0) is 34.6 Å². The molecule has 0 aromatic carbocycles.